The summed E-state index contributed by atoms with van der Waals surface area (Å²) < 4.78 is 8.70. The van der Waals surface area contributed by atoms with Gasteiger partial charge in [0.25, 0.3) is 0 Å². The standard InChI is InChI=1S/C21H26ClN7O2.C16H18ClN7.ClH/c1-12-15(18-23-11-24-19(28-18)27-14-9-25-29(6)10-14)7-8-16(17(12)22)13(2)26-20(30)31-21(3,4)5;1-9-12(4-5-13(10(2)18)14(9)17)15-19-8-20-16(23-15)22-11-6-21-24(3)7-11;/h7-11,13H,1-6H3,(H,26,30)(H,23,24,27,28);4-8,10H,18H2,1-3H3,(H,19,20,22,23);1H/t13-;10-;/m11./s1. The van der Waals surface area contributed by atoms with Crippen molar-refractivity contribution in [1.82, 2.24) is 54.8 Å². The molecule has 0 radical (unpaired) electrons. The highest BCUT2D eigenvalue weighted by molar-refractivity contribution is 6.33. The summed E-state index contributed by atoms with van der Waals surface area (Å²) in [5, 5.41) is 18.4. The van der Waals surface area contributed by atoms with Gasteiger partial charge >= 0.3 is 6.09 Å². The van der Waals surface area contributed by atoms with Crippen LogP contribution < -0.4 is 21.7 Å². The summed E-state index contributed by atoms with van der Waals surface area (Å²) in [6.07, 6.45) is 9.44. The number of nitrogens with two attached hydrogens (primary N) is 1. The Kier molecular flexibility index (Phi) is 14.3. The summed E-state index contributed by atoms with van der Waals surface area (Å²) in [6, 6.07) is 7.11. The van der Waals surface area contributed by atoms with Crippen molar-refractivity contribution in [2.75, 3.05) is 10.6 Å². The molecular formula is C37H45Cl3N14O2. The second kappa shape index (κ2) is 18.5. The van der Waals surface area contributed by atoms with E-state index in [4.69, 9.17) is 33.7 Å². The van der Waals surface area contributed by atoms with Crippen LogP contribution in [0.15, 0.2) is 61.7 Å². The highest BCUT2D eigenvalue weighted by atomic mass is 35.5. The van der Waals surface area contributed by atoms with E-state index in [1.54, 1.807) is 21.8 Å². The predicted molar refractivity (Wildman–Crippen MR) is 221 cm³/mol. The number of hydrogen-bond donors (Lipinski definition) is 4. The van der Waals surface area contributed by atoms with Gasteiger partial charge in [0.05, 0.1) is 29.8 Å². The normalized spacial score (nSPS) is 12.1. The molecule has 296 valence electrons. The van der Waals surface area contributed by atoms with Gasteiger partial charge in [-0.05, 0) is 70.7 Å². The average molecular weight is 824 g/mol. The van der Waals surface area contributed by atoms with Crippen LogP contribution in [-0.4, -0.2) is 61.2 Å². The van der Waals surface area contributed by atoms with Crippen molar-refractivity contribution in [2.24, 2.45) is 19.8 Å². The van der Waals surface area contributed by atoms with Gasteiger partial charge in [-0.2, -0.15) is 20.2 Å². The van der Waals surface area contributed by atoms with E-state index in [1.165, 1.54) is 12.7 Å². The second-order valence-electron chi connectivity index (χ2n) is 13.8. The van der Waals surface area contributed by atoms with Crippen molar-refractivity contribution in [3.63, 3.8) is 0 Å². The molecule has 0 spiro atoms. The number of rotatable bonds is 9. The number of alkyl carbamates (subject to hydrolysis) is 1. The number of hydrogen-bond acceptors (Lipinski definition) is 13. The molecule has 2 atom stereocenters. The van der Waals surface area contributed by atoms with Gasteiger partial charge in [0.1, 0.15) is 18.3 Å². The summed E-state index contributed by atoms with van der Waals surface area (Å²) >= 11 is 13.1. The maximum atomic E-state index is 12.1. The van der Waals surface area contributed by atoms with Crippen LogP contribution in [0.25, 0.3) is 22.8 Å². The molecule has 6 aromatic rings. The number of nitrogens with one attached hydrogen (secondary N) is 3. The number of halogens is 3. The van der Waals surface area contributed by atoms with E-state index in [0.29, 0.717) is 33.6 Å². The van der Waals surface area contributed by atoms with Crippen molar-refractivity contribution in [3.05, 3.63) is 94.0 Å². The van der Waals surface area contributed by atoms with Gasteiger partial charge in [-0.1, -0.05) is 47.5 Å². The number of aromatic nitrogens is 10. The van der Waals surface area contributed by atoms with E-state index in [9.17, 15) is 4.79 Å². The lowest BCUT2D eigenvalue weighted by Gasteiger charge is -2.23. The first-order valence-electron chi connectivity index (χ1n) is 17.2. The van der Waals surface area contributed by atoms with Crippen molar-refractivity contribution < 1.29 is 9.53 Å². The largest absolute Gasteiger partial charge is 0.444 e. The molecule has 6 rings (SSSR count). The molecule has 56 heavy (non-hydrogen) atoms. The summed E-state index contributed by atoms with van der Waals surface area (Å²) in [5.41, 5.74) is 11.9. The molecule has 19 heteroatoms. The zero-order valence-electron chi connectivity index (χ0n) is 32.5. The molecule has 0 aliphatic heterocycles. The van der Waals surface area contributed by atoms with Crippen LogP contribution in [-0.2, 0) is 18.8 Å². The molecule has 0 saturated carbocycles. The predicted octanol–water partition coefficient (Wildman–Crippen LogP) is 7.98. The first kappa shape index (κ1) is 43.3. The first-order chi connectivity index (χ1) is 26.0. The van der Waals surface area contributed by atoms with Crippen molar-refractivity contribution >= 4 is 65.0 Å². The molecule has 16 nitrogen and oxygen atoms in total. The zero-order valence-corrected chi connectivity index (χ0v) is 34.8. The van der Waals surface area contributed by atoms with Gasteiger partial charge < -0.3 is 26.4 Å². The maximum Gasteiger partial charge on any atom is 0.408 e. The molecule has 4 heterocycles. The minimum atomic E-state index is -0.576. The number of nitrogens with zero attached hydrogens (tertiary/aromatic N) is 10. The minimum Gasteiger partial charge on any atom is -0.444 e. The number of amides is 1. The summed E-state index contributed by atoms with van der Waals surface area (Å²) in [6.45, 7) is 13.0. The molecule has 0 aliphatic rings. The highest BCUT2D eigenvalue weighted by Gasteiger charge is 2.21. The SMILES string of the molecule is Cc1c(-c2ncnc(Nc3cnn(C)c3)n2)ccc([C@@H](C)N)c1Cl.Cc1c(-c2ncnc(Nc3cnn(C)c3)n2)ccc([C@@H](C)NC(=O)OC(C)(C)C)c1Cl.Cl. The van der Waals surface area contributed by atoms with E-state index >= 15 is 0 Å². The third-order valence-corrected chi connectivity index (χ3v) is 9.07. The number of carbonyl (C=O) groups is 1. The van der Waals surface area contributed by atoms with Crippen LogP contribution >= 0.6 is 35.6 Å². The Morgan fingerprint density at radius 3 is 1.62 bits per heavy atom. The van der Waals surface area contributed by atoms with E-state index in [1.807, 2.05) is 99.2 Å². The van der Waals surface area contributed by atoms with Crippen LogP contribution in [0, 0.1) is 13.8 Å². The van der Waals surface area contributed by atoms with Crippen molar-refractivity contribution in [3.8, 4) is 22.8 Å². The quantitative estimate of drug-likeness (QED) is 0.109. The maximum absolute atomic E-state index is 12.1. The van der Waals surface area contributed by atoms with Crippen LogP contribution in [0.3, 0.4) is 0 Å². The van der Waals surface area contributed by atoms with Gasteiger partial charge in [-0.25, -0.2) is 24.7 Å². The number of anilines is 4. The van der Waals surface area contributed by atoms with Crippen LogP contribution in [0.2, 0.25) is 10.0 Å². The summed E-state index contributed by atoms with van der Waals surface area (Å²) in [5.74, 6) is 1.88. The Morgan fingerprint density at radius 2 is 1.21 bits per heavy atom. The molecule has 0 bridgehead atoms. The fourth-order valence-corrected chi connectivity index (χ4v) is 6.01. The third kappa shape index (κ3) is 11.1. The van der Waals surface area contributed by atoms with Gasteiger partial charge in [0, 0.05) is 53.7 Å². The van der Waals surface area contributed by atoms with Gasteiger partial charge in [0.15, 0.2) is 11.6 Å². The summed E-state index contributed by atoms with van der Waals surface area (Å²) in [4.78, 5) is 37.9. The van der Waals surface area contributed by atoms with Gasteiger partial charge in [-0.15, -0.1) is 12.4 Å². The minimum absolute atomic E-state index is 0. The summed E-state index contributed by atoms with van der Waals surface area (Å²) in [7, 11) is 3.67. The smallest absolute Gasteiger partial charge is 0.408 e. The molecule has 5 N–H and O–H groups in total. The monoisotopic (exact) mass is 822 g/mol. The van der Waals surface area contributed by atoms with Crippen molar-refractivity contribution in [2.45, 2.75) is 66.2 Å². The fourth-order valence-electron chi connectivity index (χ4n) is 5.35. The zero-order chi connectivity index (χ0) is 40.0. The Morgan fingerprint density at radius 1 is 0.768 bits per heavy atom. The second-order valence-corrected chi connectivity index (χ2v) is 14.5. The van der Waals surface area contributed by atoms with Crippen LogP contribution in [0.1, 0.15) is 69.0 Å². The molecule has 2 aromatic carbocycles. The van der Waals surface area contributed by atoms with E-state index < -0.39 is 11.7 Å². The highest BCUT2D eigenvalue weighted by Crippen LogP contribution is 2.34. The lowest BCUT2D eigenvalue weighted by Crippen LogP contribution is -2.34. The fraction of sp³-hybridized carbons (Fsp3) is 0.324. The molecule has 0 unspecified atom stereocenters. The van der Waals surface area contributed by atoms with E-state index in [0.717, 1.165) is 44.8 Å². The topological polar surface area (TPSA) is 201 Å². The molecule has 0 saturated heterocycles. The Hall–Kier alpha value is -5.42. The van der Waals surface area contributed by atoms with Crippen molar-refractivity contribution in [1.29, 1.82) is 0 Å². The van der Waals surface area contributed by atoms with Crippen LogP contribution in [0.5, 0.6) is 0 Å². The Labute approximate surface area is 341 Å². The Bertz CT molecular complexity index is 2290. The number of aryl methyl sites for hydroxylation is 2. The van der Waals surface area contributed by atoms with E-state index in [2.05, 4.69) is 56.1 Å². The van der Waals surface area contributed by atoms with Crippen LogP contribution in [0.4, 0.5) is 28.1 Å². The molecule has 1 amide bonds. The lowest BCUT2D eigenvalue weighted by atomic mass is 10.0. The molecular weight excluding hydrogens is 779 g/mol. The number of ether oxygens (including phenoxy) is 1. The Balaban J connectivity index is 0.000000252. The first-order valence-corrected chi connectivity index (χ1v) is 18.0. The lowest BCUT2D eigenvalue weighted by molar-refractivity contribution is 0.0508. The molecule has 4 aromatic heterocycles. The average Bonchev–Trinajstić information content (AvgIpc) is 3.72. The van der Waals surface area contributed by atoms with Gasteiger partial charge in [0.2, 0.25) is 11.9 Å². The number of benzene rings is 2. The van der Waals surface area contributed by atoms with E-state index in [-0.39, 0.29) is 24.5 Å². The molecule has 0 fully saturated rings. The number of carbonyl (C=O) groups excluding carboxylic acids is 1. The van der Waals surface area contributed by atoms with Gasteiger partial charge in [-0.3, -0.25) is 9.36 Å². The molecule has 0 aliphatic carbocycles. The third-order valence-electron chi connectivity index (χ3n) is 8.07.